The minimum Gasteiger partial charge on any atom is -0.455 e. The van der Waals surface area contributed by atoms with Crippen LogP contribution >= 0.6 is 0 Å². The van der Waals surface area contributed by atoms with Gasteiger partial charge in [-0.25, -0.2) is 14.6 Å². The zero-order chi connectivity index (χ0) is 18.0. The lowest BCUT2D eigenvalue weighted by Crippen LogP contribution is -2.34. The molecule has 0 aliphatic carbocycles. The summed E-state index contributed by atoms with van der Waals surface area (Å²) in [6.07, 6.45) is 1.56. The summed E-state index contributed by atoms with van der Waals surface area (Å²) in [5.41, 5.74) is 1.36. The van der Waals surface area contributed by atoms with Gasteiger partial charge in [-0.3, -0.25) is 9.55 Å². The van der Waals surface area contributed by atoms with E-state index in [0.29, 0.717) is 28.4 Å². The summed E-state index contributed by atoms with van der Waals surface area (Å²) in [7, 11) is 1.64. The lowest BCUT2D eigenvalue weighted by molar-refractivity contribution is 0.250. The van der Waals surface area contributed by atoms with Crippen molar-refractivity contribution < 1.29 is 9.53 Å². The highest BCUT2D eigenvalue weighted by Gasteiger charge is 2.12. The number of anilines is 1. The maximum Gasteiger partial charge on any atom is 0.327 e. The summed E-state index contributed by atoms with van der Waals surface area (Å²) in [5, 5.41) is 5.50. The van der Waals surface area contributed by atoms with Crippen molar-refractivity contribution >= 4 is 22.9 Å². The van der Waals surface area contributed by atoms with Crippen LogP contribution in [0.1, 0.15) is 13.8 Å². The average molecular weight is 341 g/mol. The second-order valence-electron chi connectivity index (χ2n) is 5.88. The molecule has 2 heterocycles. The number of fused-ring (bicyclic) bond motifs is 1. The molecule has 8 nitrogen and oxygen atoms in total. The van der Waals surface area contributed by atoms with Crippen LogP contribution in [0.2, 0.25) is 0 Å². The van der Waals surface area contributed by atoms with Gasteiger partial charge in [-0.1, -0.05) is 6.07 Å². The topological polar surface area (TPSA) is 101 Å². The number of ether oxygens (including phenoxy) is 1. The third-order valence-electron chi connectivity index (χ3n) is 3.49. The van der Waals surface area contributed by atoms with E-state index in [0.717, 1.165) is 0 Å². The third kappa shape index (κ3) is 3.63. The Balaban J connectivity index is 1.86. The van der Waals surface area contributed by atoms with Crippen LogP contribution in [-0.4, -0.2) is 26.6 Å². The van der Waals surface area contributed by atoms with Crippen LogP contribution in [0.3, 0.4) is 0 Å². The first kappa shape index (κ1) is 16.6. The number of nitrogens with one attached hydrogen (secondary N) is 3. The number of aromatic nitrogens is 3. The van der Waals surface area contributed by atoms with Gasteiger partial charge in [-0.15, -0.1) is 0 Å². The van der Waals surface area contributed by atoms with Gasteiger partial charge >= 0.3 is 11.7 Å². The van der Waals surface area contributed by atoms with E-state index in [4.69, 9.17) is 4.74 Å². The number of carbonyl (C=O) groups is 1. The number of nitrogens with zero attached hydrogens (tertiary/aromatic N) is 2. The molecule has 3 aromatic rings. The maximum absolute atomic E-state index is 11.8. The van der Waals surface area contributed by atoms with Crippen molar-refractivity contribution in [1.82, 2.24) is 19.9 Å². The van der Waals surface area contributed by atoms with Gasteiger partial charge in [0.1, 0.15) is 11.3 Å². The molecule has 3 rings (SSSR count). The van der Waals surface area contributed by atoms with Crippen molar-refractivity contribution in [3.05, 3.63) is 47.0 Å². The summed E-state index contributed by atoms with van der Waals surface area (Å²) in [5.74, 6) is 1.03. The number of amides is 2. The molecule has 0 atom stereocenters. The Hall–Kier alpha value is -3.29. The highest BCUT2D eigenvalue weighted by atomic mass is 16.5. The molecule has 0 unspecified atom stereocenters. The van der Waals surface area contributed by atoms with Gasteiger partial charge in [0.25, 0.3) is 0 Å². The van der Waals surface area contributed by atoms with Gasteiger partial charge in [-0.05, 0) is 26.0 Å². The summed E-state index contributed by atoms with van der Waals surface area (Å²) in [6, 6.07) is 8.45. The minimum atomic E-state index is -0.286. The first-order valence-corrected chi connectivity index (χ1v) is 7.83. The Morgan fingerprint density at radius 2 is 2.12 bits per heavy atom. The summed E-state index contributed by atoms with van der Waals surface area (Å²) in [4.78, 5) is 30.4. The van der Waals surface area contributed by atoms with Crippen LogP contribution in [0.15, 0.2) is 41.3 Å². The van der Waals surface area contributed by atoms with Crippen LogP contribution in [0.5, 0.6) is 11.5 Å². The summed E-state index contributed by atoms with van der Waals surface area (Å²) < 4.78 is 7.34. The zero-order valence-electron chi connectivity index (χ0n) is 14.2. The molecule has 0 bridgehead atoms. The Morgan fingerprint density at radius 1 is 1.32 bits per heavy atom. The van der Waals surface area contributed by atoms with E-state index in [-0.39, 0.29) is 17.8 Å². The van der Waals surface area contributed by atoms with E-state index >= 15 is 0 Å². The smallest absolute Gasteiger partial charge is 0.327 e. The van der Waals surface area contributed by atoms with Gasteiger partial charge in [0.05, 0.1) is 0 Å². The van der Waals surface area contributed by atoms with Crippen LogP contribution in [0.25, 0.3) is 11.2 Å². The molecule has 25 heavy (non-hydrogen) atoms. The average Bonchev–Trinajstić information content (AvgIpc) is 2.82. The number of benzene rings is 1. The molecule has 8 heteroatoms. The lowest BCUT2D eigenvalue weighted by atomic mass is 10.3. The minimum absolute atomic E-state index is 0.0411. The molecule has 0 radical (unpaired) electrons. The second kappa shape index (κ2) is 6.68. The van der Waals surface area contributed by atoms with Gasteiger partial charge in [0.15, 0.2) is 11.4 Å². The molecule has 1 aromatic carbocycles. The molecule has 2 amide bonds. The molecule has 0 saturated carbocycles. The highest BCUT2D eigenvalue weighted by Crippen LogP contribution is 2.28. The normalized spacial score (nSPS) is 10.9. The monoisotopic (exact) mass is 341 g/mol. The largest absolute Gasteiger partial charge is 0.455 e. The van der Waals surface area contributed by atoms with Crippen molar-refractivity contribution in [2.45, 2.75) is 19.9 Å². The van der Waals surface area contributed by atoms with E-state index in [9.17, 15) is 9.59 Å². The fraction of sp³-hybridized carbons (Fsp3) is 0.235. The molecule has 0 aliphatic heterocycles. The Labute approximate surface area is 143 Å². The number of imidazole rings is 1. The van der Waals surface area contributed by atoms with Gasteiger partial charge < -0.3 is 15.4 Å². The van der Waals surface area contributed by atoms with E-state index < -0.39 is 0 Å². The van der Waals surface area contributed by atoms with Gasteiger partial charge in [-0.2, -0.15) is 0 Å². The van der Waals surface area contributed by atoms with E-state index in [1.54, 1.807) is 43.6 Å². The van der Waals surface area contributed by atoms with Crippen LogP contribution in [0.4, 0.5) is 10.5 Å². The van der Waals surface area contributed by atoms with E-state index in [1.165, 1.54) is 4.57 Å². The second-order valence-corrected chi connectivity index (χ2v) is 5.88. The fourth-order valence-electron chi connectivity index (χ4n) is 2.41. The van der Waals surface area contributed by atoms with Crippen molar-refractivity contribution in [2.75, 3.05) is 5.32 Å². The molecule has 0 saturated heterocycles. The Bertz CT molecular complexity index is 974. The van der Waals surface area contributed by atoms with Crippen molar-refractivity contribution in [1.29, 1.82) is 0 Å². The van der Waals surface area contributed by atoms with Crippen molar-refractivity contribution in [3.8, 4) is 11.5 Å². The number of H-pyrrole nitrogens is 1. The first-order chi connectivity index (χ1) is 11.9. The van der Waals surface area contributed by atoms with Gasteiger partial charge in [0.2, 0.25) is 0 Å². The Morgan fingerprint density at radius 3 is 2.88 bits per heavy atom. The molecule has 0 fully saturated rings. The number of pyridine rings is 1. The molecular weight excluding hydrogens is 322 g/mol. The number of urea groups is 1. The fourth-order valence-corrected chi connectivity index (χ4v) is 2.41. The number of aryl methyl sites for hydroxylation is 1. The first-order valence-electron chi connectivity index (χ1n) is 7.83. The predicted molar refractivity (Wildman–Crippen MR) is 95.1 cm³/mol. The maximum atomic E-state index is 11.8. The van der Waals surface area contributed by atoms with Crippen molar-refractivity contribution in [2.24, 2.45) is 7.05 Å². The molecular formula is C17H19N5O3. The van der Waals surface area contributed by atoms with Gasteiger partial charge in [0, 0.05) is 37.1 Å². The zero-order valence-corrected chi connectivity index (χ0v) is 14.2. The van der Waals surface area contributed by atoms with Crippen LogP contribution in [-0.2, 0) is 7.05 Å². The predicted octanol–water partition coefficient (Wildman–Crippen LogP) is 2.58. The Kier molecular flexibility index (Phi) is 4.42. The molecule has 2 aromatic heterocycles. The lowest BCUT2D eigenvalue weighted by Gasteiger charge is -2.12. The quantitative estimate of drug-likeness (QED) is 0.679. The van der Waals surface area contributed by atoms with Crippen molar-refractivity contribution in [3.63, 3.8) is 0 Å². The molecule has 3 N–H and O–H groups in total. The number of hydrogen-bond acceptors (Lipinski definition) is 4. The number of carbonyl (C=O) groups excluding carboxylic acids is 1. The number of aromatic amines is 1. The van der Waals surface area contributed by atoms with E-state index in [1.807, 2.05) is 13.8 Å². The number of rotatable bonds is 4. The highest BCUT2D eigenvalue weighted by molar-refractivity contribution is 5.89. The van der Waals surface area contributed by atoms with E-state index in [2.05, 4.69) is 20.6 Å². The SMILES string of the molecule is CC(C)NC(=O)Nc1cccc(Oc2ccnc3[nH]c(=O)n(C)c23)c1. The standard InChI is InChI=1S/C17H19N5O3/c1-10(2)19-16(23)20-11-5-4-6-12(9-11)25-13-7-8-18-15-14(13)22(3)17(24)21-15/h4-10H,1-3H3,(H,18,21,24)(H2,19,20,23). The molecule has 130 valence electrons. The van der Waals surface area contributed by atoms with Crippen LogP contribution in [0, 0.1) is 0 Å². The molecule has 0 aliphatic rings. The molecule has 0 spiro atoms. The van der Waals surface area contributed by atoms with Crippen LogP contribution < -0.4 is 21.1 Å². The summed E-state index contributed by atoms with van der Waals surface area (Å²) in [6.45, 7) is 3.77. The third-order valence-corrected chi connectivity index (χ3v) is 3.49. The number of hydrogen-bond donors (Lipinski definition) is 3. The summed E-state index contributed by atoms with van der Waals surface area (Å²) >= 11 is 0.